The molecule has 0 atom stereocenters. The van der Waals surface area contributed by atoms with Crippen LogP contribution < -0.4 is 5.73 Å². The van der Waals surface area contributed by atoms with E-state index < -0.39 is 0 Å². The molecule has 2 rings (SSSR count). The van der Waals surface area contributed by atoms with Gasteiger partial charge >= 0.3 is 0 Å². The standard InChI is InChI=1S/C9H9BrClN3/c10-7-3-6(11)8-5(1-2-12)4-13-9(8)14-7/h3-4H,1-2,12H2,(H,13,14). The first-order chi connectivity index (χ1) is 6.72. The van der Waals surface area contributed by atoms with Crippen LogP contribution in [0.4, 0.5) is 0 Å². The largest absolute Gasteiger partial charge is 0.346 e. The first-order valence-electron chi connectivity index (χ1n) is 4.24. The van der Waals surface area contributed by atoms with Gasteiger partial charge in [-0.1, -0.05) is 11.6 Å². The molecule has 0 saturated carbocycles. The fraction of sp³-hybridized carbons (Fsp3) is 0.222. The van der Waals surface area contributed by atoms with E-state index in [2.05, 4.69) is 25.9 Å². The van der Waals surface area contributed by atoms with E-state index in [1.165, 1.54) is 0 Å². The molecule has 5 heteroatoms. The monoisotopic (exact) mass is 273 g/mol. The van der Waals surface area contributed by atoms with Gasteiger partial charge in [-0.2, -0.15) is 0 Å². The molecule has 2 heterocycles. The molecule has 74 valence electrons. The Kier molecular flexibility index (Phi) is 2.76. The average Bonchev–Trinajstić information content (AvgIpc) is 2.49. The molecule has 0 bridgehead atoms. The molecule has 0 fully saturated rings. The number of pyridine rings is 1. The Morgan fingerprint density at radius 3 is 3.07 bits per heavy atom. The van der Waals surface area contributed by atoms with Gasteiger partial charge in [0.25, 0.3) is 0 Å². The highest BCUT2D eigenvalue weighted by Gasteiger charge is 2.09. The lowest BCUT2D eigenvalue weighted by atomic mass is 10.1. The van der Waals surface area contributed by atoms with Crippen LogP contribution in [0, 0.1) is 0 Å². The van der Waals surface area contributed by atoms with Crippen LogP contribution in [0.5, 0.6) is 0 Å². The van der Waals surface area contributed by atoms with Crippen molar-refractivity contribution in [2.45, 2.75) is 6.42 Å². The summed E-state index contributed by atoms with van der Waals surface area (Å²) < 4.78 is 0.733. The number of H-pyrrole nitrogens is 1. The Labute approximate surface area is 94.8 Å². The van der Waals surface area contributed by atoms with Crippen molar-refractivity contribution >= 4 is 38.6 Å². The molecule has 3 N–H and O–H groups in total. The van der Waals surface area contributed by atoms with E-state index in [1.54, 1.807) is 6.07 Å². The first-order valence-corrected chi connectivity index (χ1v) is 5.41. The molecule has 0 unspecified atom stereocenters. The van der Waals surface area contributed by atoms with Crippen molar-refractivity contribution in [1.29, 1.82) is 0 Å². The van der Waals surface area contributed by atoms with Crippen LogP contribution in [-0.4, -0.2) is 16.5 Å². The van der Waals surface area contributed by atoms with E-state index in [9.17, 15) is 0 Å². The quantitative estimate of drug-likeness (QED) is 0.827. The van der Waals surface area contributed by atoms with Crippen molar-refractivity contribution in [2.75, 3.05) is 6.54 Å². The van der Waals surface area contributed by atoms with E-state index in [0.717, 1.165) is 27.6 Å². The first kappa shape index (κ1) is 9.96. The fourth-order valence-electron chi connectivity index (χ4n) is 1.48. The highest BCUT2D eigenvalue weighted by molar-refractivity contribution is 9.10. The van der Waals surface area contributed by atoms with Gasteiger partial charge in [-0.05, 0) is 40.5 Å². The van der Waals surface area contributed by atoms with E-state index in [0.29, 0.717) is 11.6 Å². The predicted molar refractivity (Wildman–Crippen MR) is 61.6 cm³/mol. The third-order valence-corrected chi connectivity index (χ3v) is 2.76. The number of nitrogens with one attached hydrogen (secondary N) is 1. The zero-order valence-electron chi connectivity index (χ0n) is 7.35. The highest BCUT2D eigenvalue weighted by atomic mass is 79.9. The summed E-state index contributed by atoms with van der Waals surface area (Å²) in [6.45, 7) is 0.610. The molecular formula is C9H9BrClN3. The van der Waals surface area contributed by atoms with Crippen LogP contribution in [0.3, 0.4) is 0 Å². The van der Waals surface area contributed by atoms with Gasteiger partial charge in [0, 0.05) is 11.6 Å². The van der Waals surface area contributed by atoms with E-state index in [1.807, 2.05) is 6.20 Å². The smallest absolute Gasteiger partial charge is 0.140 e. The van der Waals surface area contributed by atoms with E-state index >= 15 is 0 Å². The molecule has 0 saturated heterocycles. The highest BCUT2D eigenvalue weighted by Crippen LogP contribution is 2.28. The number of fused-ring (bicyclic) bond motifs is 1. The lowest BCUT2D eigenvalue weighted by Gasteiger charge is -1.98. The molecular weight excluding hydrogens is 265 g/mol. The number of hydrogen-bond donors (Lipinski definition) is 2. The maximum absolute atomic E-state index is 6.11. The zero-order chi connectivity index (χ0) is 10.1. The van der Waals surface area contributed by atoms with Crippen LogP contribution in [0.15, 0.2) is 16.9 Å². The lowest BCUT2D eigenvalue weighted by Crippen LogP contribution is -2.01. The zero-order valence-corrected chi connectivity index (χ0v) is 9.69. The minimum Gasteiger partial charge on any atom is -0.346 e. The van der Waals surface area contributed by atoms with Gasteiger partial charge in [0.2, 0.25) is 0 Å². The van der Waals surface area contributed by atoms with Crippen LogP contribution in [0.25, 0.3) is 11.0 Å². The molecule has 0 aliphatic heterocycles. The van der Waals surface area contributed by atoms with Gasteiger partial charge in [-0.15, -0.1) is 0 Å². The summed E-state index contributed by atoms with van der Waals surface area (Å²) >= 11 is 9.40. The van der Waals surface area contributed by atoms with Crippen molar-refractivity contribution in [3.05, 3.63) is 27.5 Å². The second kappa shape index (κ2) is 3.88. The molecule has 0 spiro atoms. The fourth-order valence-corrected chi connectivity index (χ4v) is 2.33. The molecule has 0 aliphatic rings. The number of halogens is 2. The van der Waals surface area contributed by atoms with E-state index in [4.69, 9.17) is 17.3 Å². The van der Waals surface area contributed by atoms with Crippen molar-refractivity contribution in [2.24, 2.45) is 5.73 Å². The molecule has 0 aromatic carbocycles. The third-order valence-electron chi connectivity index (χ3n) is 2.06. The molecule has 2 aromatic heterocycles. The van der Waals surface area contributed by atoms with Crippen LogP contribution in [-0.2, 0) is 6.42 Å². The second-order valence-electron chi connectivity index (χ2n) is 3.00. The lowest BCUT2D eigenvalue weighted by molar-refractivity contribution is 0.976. The maximum Gasteiger partial charge on any atom is 0.140 e. The Balaban J connectivity index is 2.66. The summed E-state index contributed by atoms with van der Waals surface area (Å²) in [7, 11) is 0. The van der Waals surface area contributed by atoms with Gasteiger partial charge < -0.3 is 10.7 Å². The molecule has 0 aliphatic carbocycles. The third kappa shape index (κ3) is 1.65. The summed E-state index contributed by atoms with van der Waals surface area (Å²) in [5.41, 5.74) is 7.42. The van der Waals surface area contributed by atoms with Crippen molar-refractivity contribution in [1.82, 2.24) is 9.97 Å². The molecule has 2 aromatic rings. The molecule has 0 amide bonds. The van der Waals surface area contributed by atoms with Gasteiger partial charge in [-0.3, -0.25) is 0 Å². The van der Waals surface area contributed by atoms with Crippen molar-refractivity contribution in [3.8, 4) is 0 Å². The number of rotatable bonds is 2. The minimum absolute atomic E-state index is 0.610. The van der Waals surface area contributed by atoms with E-state index in [-0.39, 0.29) is 0 Å². The second-order valence-corrected chi connectivity index (χ2v) is 4.22. The average molecular weight is 275 g/mol. The summed E-state index contributed by atoms with van der Waals surface area (Å²) in [5, 5.41) is 1.67. The molecule has 3 nitrogen and oxygen atoms in total. The topological polar surface area (TPSA) is 54.7 Å². The number of aromatic nitrogens is 2. The Bertz CT molecular complexity index is 466. The van der Waals surface area contributed by atoms with Crippen LogP contribution in [0.1, 0.15) is 5.56 Å². The number of hydrogen-bond acceptors (Lipinski definition) is 2. The summed E-state index contributed by atoms with van der Waals surface area (Å²) in [6, 6.07) is 1.79. The van der Waals surface area contributed by atoms with Gasteiger partial charge in [0.1, 0.15) is 10.3 Å². The summed E-state index contributed by atoms with van der Waals surface area (Å²) in [5.74, 6) is 0. The van der Waals surface area contributed by atoms with Crippen LogP contribution >= 0.6 is 27.5 Å². The summed E-state index contributed by atoms with van der Waals surface area (Å²) in [6.07, 6.45) is 2.71. The Hall–Kier alpha value is -0.580. The van der Waals surface area contributed by atoms with Crippen molar-refractivity contribution < 1.29 is 0 Å². The number of aromatic amines is 1. The van der Waals surface area contributed by atoms with Gasteiger partial charge in [-0.25, -0.2) is 4.98 Å². The normalized spacial score (nSPS) is 11.1. The number of nitrogens with two attached hydrogens (primary N) is 1. The van der Waals surface area contributed by atoms with Crippen molar-refractivity contribution in [3.63, 3.8) is 0 Å². The molecule has 0 radical (unpaired) electrons. The van der Waals surface area contributed by atoms with Gasteiger partial charge in [0.15, 0.2) is 0 Å². The maximum atomic E-state index is 6.11. The number of nitrogens with zero attached hydrogens (tertiary/aromatic N) is 1. The molecule has 14 heavy (non-hydrogen) atoms. The summed E-state index contributed by atoms with van der Waals surface area (Å²) in [4.78, 5) is 7.35. The Morgan fingerprint density at radius 2 is 2.36 bits per heavy atom. The SMILES string of the molecule is NCCc1c[nH]c2nc(Br)cc(Cl)c12. The minimum atomic E-state index is 0.610. The van der Waals surface area contributed by atoms with Crippen LogP contribution in [0.2, 0.25) is 5.02 Å². The van der Waals surface area contributed by atoms with Gasteiger partial charge in [0.05, 0.1) is 5.02 Å². The Morgan fingerprint density at radius 1 is 1.57 bits per heavy atom. The predicted octanol–water partition coefficient (Wildman–Crippen LogP) is 2.48.